The van der Waals surface area contributed by atoms with Crippen molar-refractivity contribution in [3.63, 3.8) is 0 Å². The van der Waals surface area contributed by atoms with E-state index in [0.717, 1.165) is 0 Å². The molecule has 2 aromatic rings. The molecule has 0 amide bonds. The van der Waals surface area contributed by atoms with E-state index in [1.165, 1.54) is 49.3 Å². The summed E-state index contributed by atoms with van der Waals surface area (Å²) in [4.78, 5) is 21.6. The third kappa shape index (κ3) is 7.76. The Kier molecular flexibility index (Phi) is 8.49. The van der Waals surface area contributed by atoms with E-state index in [9.17, 15) is 0 Å². The van der Waals surface area contributed by atoms with Gasteiger partial charge in [0.1, 0.15) is 0 Å². The highest BCUT2D eigenvalue weighted by molar-refractivity contribution is 7.45. The van der Waals surface area contributed by atoms with Crippen LogP contribution in [0.4, 0.5) is 0 Å². The third-order valence-electron chi connectivity index (χ3n) is 3.72. The molecule has 0 aliphatic heterocycles. The van der Waals surface area contributed by atoms with Crippen LogP contribution in [-0.4, -0.2) is 14.7 Å². The van der Waals surface area contributed by atoms with Crippen molar-refractivity contribution < 1.29 is 19.2 Å². The van der Waals surface area contributed by atoms with Crippen molar-refractivity contribution in [3.8, 4) is 0 Å². The van der Waals surface area contributed by atoms with E-state index in [1.54, 1.807) is 11.1 Å². The van der Waals surface area contributed by atoms with Crippen LogP contribution in [0.1, 0.15) is 50.7 Å². The molecule has 0 aliphatic rings. The predicted molar refractivity (Wildman–Crippen MR) is 95.4 cm³/mol. The molecule has 0 aliphatic carbocycles. The molecule has 0 saturated carbocycles. The van der Waals surface area contributed by atoms with Crippen LogP contribution in [0.2, 0.25) is 0 Å². The van der Waals surface area contributed by atoms with E-state index < -0.39 is 7.82 Å². The number of unbranched alkanes of at least 4 members (excludes halogenated alkanes) is 2. The van der Waals surface area contributed by atoms with E-state index in [0.29, 0.717) is 0 Å². The summed E-state index contributed by atoms with van der Waals surface area (Å²) in [6, 6.07) is 13.5. The second-order valence-electron chi connectivity index (χ2n) is 5.64. The average Bonchev–Trinajstić information content (AvgIpc) is 2.49. The lowest BCUT2D eigenvalue weighted by Crippen LogP contribution is -1.96. The summed E-state index contributed by atoms with van der Waals surface area (Å²) in [5.74, 6) is 0. The SMILES string of the molecule is CCCCc1ccc2ccccc2c1CCCC.O=P(O)(O)O. The van der Waals surface area contributed by atoms with Gasteiger partial charge in [-0.15, -0.1) is 0 Å². The van der Waals surface area contributed by atoms with E-state index in [-0.39, 0.29) is 0 Å². The quantitative estimate of drug-likeness (QED) is 0.673. The minimum Gasteiger partial charge on any atom is -0.303 e. The first-order valence-corrected chi connectivity index (χ1v) is 9.71. The van der Waals surface area contributed by atoms with E-state index in [4.69, 9.17) is 19.2 Å². The maximum absolute atomic E-state index is 8.88. The molecule has 0 aromatic heterocycles. The molecule has 23 heavy (non-hydrogen) atoms. The lowest BCUT2D eigenvalue weighted by atomic mass is 9.92. The zero-order chi connectivity index (χ0) is 17.3. The second-order valence-corrected chi connectivity index (χ2v) is 6.67. The highest BCUT2D eigenvalue weighted by Crippen LogP contribution is 2.26. The monoisotopic (exact) mass is 338 g/mol. The van der Waals surface area contributed by atoms with Gasteiger partial charge in [-0.25, -0.2) is 4.57 Å². The Hall–Kier alpha value is -1.19. The van der Waals surface area contributed by atoms with Gasteiger partial charge in [0.2, 0.25) is 0 Å². The van der Waals surface area contributed by atoms with Gasteiger partial charge in [0.25, 0.3) is 0 Å². The first-order chi connectivity index (χ1) is 10.9. The van der Waals surface area contributed by atoms with Crippen LogP contribution >= 0.6 is 7.82 Å². The number of hydrogen-bond donors (Lipinski definition) is 3. The van der Waals surface area contributed by atoms with E-state index in [1.807, 2.05) is 0 Å². The number of aryl methyl sites for hydroxylation is 2. The largest absolute Gasteiger partial charge is 0.466 e. The van der Waals surface area contributed by atoms with Crippen LogP contribution in [0.25, 0.3) is 10.8 Å². The molecular weight excluding hydrogens is 311 g/mol. The van der Waals surface area contributed by atoms with Crippen molar-refractivity contribution in [2.75, 3.05) is 0 Å². The molecule has 0 unspecified atom stereocenters. The summed E-state index contributed by atoms with van der Waals surface area (Å²) in [7, 11) is -4.64. The molecule has 0 atom stereocenters. The standard InChI is InChI=1S/C18H24.H3O4P/c1-3-5-9-15-13-14-16-10-7-8-12-18(16)17(15)11-6-4-2;1-5(2,3)4/h7-8,10,12-14H,3-6,9,11H2,1-2H3;(H3,1,2,3,4). The van der Waals surface area contributed by atoms with Crippen LogP contribution in [0.15, 0.2) is 36.4 Å². The topological polar surface area (TPSA) is 77.8 Å². The fourth-order valence-electron chi connectivity index (χ4n) is 2.63. The van der Waals surface area contributed by atoms with Gasteiger partial charge in [0, 0.05) is 0 Å². The molecule has 0 fully saturated rings. The summed E-state index contributed by atoms with van der Waals surface area (Å²) >= 11 is 0. The Bertz CT molecular complexity index is 640. The fourth-order valence-corrected chi connectivity index (χ4v) is 2.63. The van der Waals surface area contributed by atoms with Gasteiger partial charge >= 0.3 is 7.82 Å². The number of rotatable bonds is 6. The van der Waals surface area contributed by atoms with Crippen LogP contribution in [-0.2, 0) is 17.4 Å². The number of phosphoric acid groups is 1. The lowest BCUT2D eigenvalue weighted by Gasteiger charge is -2.13. The molecule has 0 heterocycles. The van der Waals surface area contributed by atoms with Crippen LogP contribution < -0.4 is 0 Å². The summed E-state index contributed by atoms with van der Waals surface area (Å²) < 4.78 is 8.88. The van der Waals surface area contributed by atoms with Crippen molar-refractivity contribution >= 4 is 18.6 Å². The third-order valence-corrected chi connectivity index (χ3v) is 3.72. The van der Waals surface area contributed by atoms with E-state index in [2.05, 4.69) is 50.2 Å². The lowest BCUT2D eigenvalue weighted by molar-refractivity contribution is 0.275. The summed E-state index contributed by atoms with van der Waals surface area (Å²) in [6.45, 7) is 4.55. The molecule has 0 bridgehead atoms. The Morgan fingerprint density at radius 3 is 2.04 bits per heavy atom. The zero-order valence-corrected chi connectivity index (χ0v) is 14.8. The van der Waals surface area contributed by atoms with Crippen molar-refractivity contribution in [2.24, 2.45) is 0 Å². The highest BCUT2D eigenvalue weighted by atomic mass is 31.2. The smallest absolute Gasteiger partial charge is 0.303 e. The first-order valence-electron chi connectivity index (χ1n) is 8.14. The van der Waals surface area contributed by atoms with Crippen molar-refractivity contribution in [1.29, 1.82) is 0 Å². The van der Waals surface area contributed by atoms with Gasteiger partial charge in [-0.3, -0.25) is 0 Å². The van der Waals surface area contributed by atoms with Crippen LogP contribution in [0.5, 0.6) is 0 Å². The van der Waals surface area contributed by atoms with Gasteiger partial charge in [0.15, 0.2) is 0 Å². The van der Waals surface area contributed by atoms with Crippen LogP contribution in [0, 0.1) is 0 Å². The Morgan fingerprint density at radius 2 is 1.43 bits per heavy atom. The van der Waals surface area contributed by atoms with Crippen molar-refractivity contribution in [2.45, 2.75) is 52.4 Å². The summed E-state index contributed by atoms with van der Waals surface area (Å²) in [6.07, 6.45) is 7.62. The Labute approximate surface area is 138 Å². The maximum atomic E-state index is 8.88. The molecule has 2 rings (SSSR count). The van der Waals surface area contributed by atoms with Gasteiger partial charge in [0.05, 0.1) is 0 Å². The number of hydrogen-bond acceptors (Lipinski definition) is 1. The van der Waals surface area contributed by atoms with Gasteiger partial charge < -0.3 is 14.7 Å². The molecule has 0 radical (unpaired) electrons. The molecular formula is C18H27O4P. The minimum absolute atomic E-state index is 1.23. The average molecular weight is 338 g/mol. The summed E-state index contributed by atoms with van der Waals surface area (Å²) in [5.41, 5.74) is 3.17. The molecule has 4 nitrogen and oxygen atoms in total. The number of fused-ring (bicyclic) bond motifs is 1. The second kappa shape index (κ2) is 9.84. The molecule has 5 heteroatoms. The van der Waals surface area contributed by atoms with Gasteiger partial charge in [-0.1, -0.05) is 63.1 Å². The molecule has 2 aromatic carbocycles. The summed E-state index contributed by atoms with van der Waals surface area (Å²) in [5, 5.41) is 2.86. The molecule has 3 N–H and O–H groups in total. The maximum Gasteiger partial charge on any atom is 0.466 e. The number of benzene rings is 2. The normalized spacial score (nSPS) is 11.2. The van der Waals surface area contributed by atoms with Gasteiger partial charge in [-0.2, -0.15) is 0 Å². The first kappa shape index (κ1) is 19.9. The Morgan fingerprint density at radius 1 is 0.870 bits per heavy atom. The predicted octanol–water partition coefficient (Wildman–Crippen LogP) is 4.60. The highest BCUT2D eigenvalue weighted by Gasteiger charge is 2.06. The van der Waals surface area contributed by atoms with Crippen molar-refractivity contribution in [1.82, 2.24) is 0 Å². The zero-order valence-electron chi connectivity index (χ0n) is 13.9. The minimum atomic E-state index is -4.64. The molecule has 128 valence electrons. The van der Waals surface area contributed by atoms with Crippen LogP contribution in [0.3, 0.4) is 0 Å². The van der Waals surface area contributed by atoms with E-state index >= 15 is 0 Å². The Balaban J connectivity index is 0.000000463. The van der Waals surface area contributed by atoms with Crippen molar-refractivity contribution in [3.05, 3.63) is 47.5 Å². The van der Waals surface area contributed by atoms with Gasteiger partial charge in [-0.05, 0) is 47.6 Å². The fraction of sp³-hybridized carbons (Fsp3) is 0.444. The molecule has 0 spiro atoms. The molecule has 0 saturated heterocycles.